The van der Waals surface area contributed by atoms with Crippen molar-refractivity contribution < 1.29 is 28.6 Å². The lowest BCUT2D eigenvalue weighted by Crippen LogP contribution is -2.32. The van der Waals surface area contributed by atoms with Gasteiger partial charge in [-0.05, 0) is 50.1 Å². The molecule has 0 saturated heterocycles. The van der Waals surface area contributed by atoms with Crippen molar-refractivity contribution in [3.8, 4) is 11.5 Å². The Morgan fingerprint density at radius 2 is 1.94 bits per heavy atom. The molecule has 0 bridgehead atoms. The Hall–Kier alpha value is -4.01. The molecule has 1 aliphatic heterocycles. The number of imidazole rings is 1. The van der Waals surface area contributed by atoms with Crippen LogP contribution in [0, 0.1) is 0 Å². The molecule has 1 aromatic carbocycles. The largest absolute Gasteiger partial charge is 0.503 e. The number of furan rings is 1. The van der Waals surface area contributed by atoms with Crippen LogP contribution in [-0.2, 0) is 11.3 Å². The molecule has 1 N–H and O–H groups in total. The highest BCUT2D eigenvalue weighted by Crippen LogP contribution is 2.42. The molecule has 9 nitrogen and oxygen atoms in total. The lowest BCUT2D eigenvalue weighted by molar-refractivity contribution is -0.129. The molecule has 34 heavy (non-hydrogen) atoms. The molecule has 0 fully saturated rings. The fraction of sp³-hybridized carbons (Fsp3) is 0.320. The monoisotopic (exact) mass is 465 g/mol. The van der Waals surface area contributed by atoms with Crippen molar-refractivity contribution in [3.05, 3.63) is 78.0 Å². The number of hydrogen-bond donors (Lipinski definition) is 1. The number of ketones is 1. The molecular weight excluding hydrogens is 438 g/mol. The summed E-state index contributed by atoms with van der Waals surface area (Å²) in [5, 5.41) is 10.8. The summed E-state index contributed by atoms with van der Waals surface area (Å²) in [6, 6.07) is 7.58. The van der Waals surface area contributed by atoms with E-state index >= 15 is 0 Å². The van der Waals surface area contributed by atoms with Gasteiger partial charge in [0.15, 0.2) is 23.0 Å². The third-order valence-corrected chi connectivity index (χ3v) is 5.55. The van der Waals surface area contributed by atoms with Crippen LogP contribution >= 0.6 is 0 Å². The van der Waals surface area contributed by atoms with Crippen LogP contribution in [0.2, 0.25) is 0 Å². The van der Waals surface area contributed by atoms with E-state index in [1.807, 2.05) is 24.6 Å². The Bertz CT molecular complexity index is 1170. The van der Waals surface area contributed by atoms with E-state index in [0.29, 0.717) is 49.8 Å². The summed E-state index contributed by atoms with van der Waals surface area (Å²) in [4.78, 5) is 31.9. The maximum absolute atomic E-state index is 13.3. The minimum atomic E-state index is -0.803. The first-order chi connectivity index (χ1) is 16.5. The van der Waals surface area contributed by atoms with E-state index in [1.54, 1.807) is 36.8 Å². The van der Waals surface area contributed by atoms with Crippen molar-refractivity contribution in [3.63, 3.8) is 0 Å². The molecule has 0 aliphatic carbocycles. The van der Waals surface area contributed by atoms with Crippen molar-refractivity contribution in [2.75, 3.05) is 19.8 Å². The highest BCUT2D eigenvalue weighted by molar-refractivity contribution is 6.15. The topological polar surface area (TPSA) is 107 Å². The Kier molecular flexibility index (Phi) is 7.01. The molecule has 0 saturated carbocycles. The van der Waals surface area contributed by atoms with E-state index in [0.717, 1.165) is 0 Å². The summed E-state index contributed by atoms with van der Waals surface area (Å²) < 4.78 is 18.6. The lowest BCUT2D eigenvalue weighted by atomic mass is 9.94. The zero-order valence-electron chi connectivity index (χ0n) is 19.1. The molecule has 3 aromatic rings. The molecule has 0 spiro atoms. The molecule has 9 heteroatoms. The van der Waals surface area contributed by atoms with Gasteiger partial charge in [-0.2, -0.15) is 0 Å². The molecule has 0 unspecified atom stereocenters. The van der Waals surface area contributed by atoms with E-state index in [2.05, 4.69) is 4.98 Å². The van der Waals surface area contributed by atoms with Gasteiger partial charge in [0.25, 0.3) is 5.91 Å². The van der Waals surface area contributed by atoms with Crippen molar-refractivity contribution in [1.29, 1.82) is 0 Å². The second-order valence-electron chi connectivity index (χ2n) is 7.70. The summed E-state index contributed by atoms with van der Waals surface area (Å²) in [7, 11) is 0. The van der Waals surface area contributed by atoms with Crippen LogP contribution < -0.4 is 9.47 Å². The van der Waals surface area contributed by atoms with Gasteiger partial charge in [-0.25, -0.2) is 4.98 Å². The zero-order chi connectivity index (χ0) is 24.1. The van der Waals surface area contributed by atoms with Gasteiger partial charge in [0.05, 0.1) is 37.4 Å². The fourth-order valence-corrected chi connectivity index (χ4v) is 4.08. The smallest absolute Gasteiger partial charge is 0.290 e. The van der Waals surface area contributed by atoms with Crippen LogP contribution in [0.15, 0.2) is 71.1 Å². The maximum Gasteiger partial charge on any atom is 0.290 e. The first-order valence-corrected chi connectivity index (χ1v) is 11.2. The quantitative estimate of drug-likeness (QED) is 0.427. The predicted molar refractivity (Wildman–Crippen MR) is 123 cm³/mol. The molecule has 4 rings (SSSR count). The average molecular weight is 466 g/mol. The second kappa shape index (κ2) is 10.3. The first-order valence-electron chi connectivity index (χ1n) is 11.2. The van der Waals surface area contributed by atoms with Crippen molar-refractivity contribution in [1.82, 2.24) is 14.5 Å². The number of aliphatic hydroxyl groups excluding tert-OH is 1. The van der Waals surface area contributed by atoms with Crippen molar-refractivity contribution in [2.45, 2.75) is 32.9 Å². The van der Waals surface area contributed by atoms with Crippen LogP contribution in [-0.4, -0.2) is 51.0 Å². The van der Waals surface area contributed by atoms with Crippen molar-refractivity contribution >= 4 is 11.7 Å². The number of ether oxygens (including phenoxy) is 2. The van der Waals surface area contributed by atoms with E-state index in [-0.39, 0.29) is 11.3 Å². The molecule has 2 aromatic heterocycles. The number of amides is 1. The van der Waals surface area contributed by atoms with E-state index < -0.39 is 23.5 Å². The number of rotatable bonds is 11. The van der Waals surface area contributed by atoms with Gasteiger partial charge in [0.2, 0.25) is 5.78 Å². The third-order valence-electron chi connectivity index (χ3n) is 5.55. The van der Waals surface area contributed by atoms with Gasteiger partial charge >= 0.3 is 0 Å². The molecule has 1 amide bonds. The number of aliphatic hydroxyl groups is 1. The van der Waals surface area contributed by atoms with Gasteiger partial charge in [-0.15, -0.1) is 0 Å². The molecule has 178 valence electrons. The summed E-state index contributed by atoms with van der Waals surface area (Å²) in [5.41, 5.74) is 0.607. The van der Waals surface area contributed by atoms with Gasteiger partial charge in [-0.3, -0.25) is 9.59 Å². The first kappa shape index (κ1) is 23.2. The SMILES string of the molecule is CCOc1ccc([C@@H]2C(C(=O)c3ccco3)=C(O)C(=O)N2CCCn2ccnc2)cc1OCC. The lowest BCUT2D eigenvalue weighted by Gasteiger charge is -2.27. The van der Waals surface area contributed by atoms with Gasteiger partial charge in [0, 0.05) is 25.5 Å². The van der Waals surface area contributed by atoms with E-state index in [9.17, 15) is 14.7 Å². The zero-order valence-corrected chi connectivity index (χ0v) is 19.1. The highest BCUT2D eigenvalue weighted by atomic mass is 16.5. The molecule has 0 radical (unpaired) electrons. The molecular formula is C25H27N3O6. The third kappa shape index (κ3) is 4.54. The van der Waals surface area contributed by atoms with E-state index in [1.165, 1.54) is 17.2 Å². The molecule has 3 heterocycles. The predicted octanol–water partition coefficient (Wildman–Crippen LogP) is 3.94. The number of nitrogens with zero attached hydrogens (tertiary/aromatic N) is 3. The fourth-order valence-electron chi connectivity index (χ4n) is 4.08. The van der Waals surface area contributed by atoms with Crippen LogP contribution in [0.3, 0.4) is 0 Å². The highest BCUT2D eigenvalue weighted by Gasteiger charge is 2.44. The normalized spacial score (nSPS) is 15.8. The summed E-state index contributed by atoms with van der Waals surface area (Å²) in [5.74, 6) is -0.585. The second-order valence-corrected chi connectivity index (χ2v) is 7.70. The van der Waals surface area contributed by atoms with E-state index in [4.69, 9.17) is 13.9 Å². The average Bonchev–Trinajstić information content (AvgIpc) is 3.59. The van der Waals surface area contributed by atoms with Crippen LogP contribution in [0.5, 0.6) is 11.5 Å². The number of carbonyl (C=O) groups is 2. The van der Waals surface area contributed by atoms with Crippen LogP contribution in [0.1, 0.15) is 42.4 Å². The number of carbonyl (C=O) groups excluding carboxylic acids is 2. The number of benzene rings is 1. The minimum Gasteiger partial charge on any atom is -0.503 e. The Balaban J connectivity index is 1.71. The number of Topliss-reactive ketones (excluding diaryl/α,β-unsaturated/α-hetero) is 1. The minimum absolute atomic E-state index is 0.0193. The Morgan fingerprint density at radius 3 is 2.62 bits per heavy atom. The summed E-state index contributed by atoms with van der Waals surface area (Å²) >= 11 is 0. The number of aryl methyl sites for hydroxylation is 1. The number of aromatic nitrogens is 2. The molecule has 1 aliphatic rings. The van der Waals surface area contributed by atoms with Crippen molar-refractivity contribution in [2.24, 2.45) is 0 Å². The standard InChI is InChI=1S/C25H27N3O6/c1-3-32-18-9-8-17(15-20(18)33-4-2)22-21(23(29)19-7-5-14-34-19)24(30)25(31)28(22)12-6-11-27-13-10-26-16-27/h5,7-10,13-16,22,30H,3-4,6,11-12H2,1-2H3/t22-/m1/s1. The van der Waals surface area contributed by atoms with Crippen LogP contribution in [0.4, 0.5) is 0 Å². The summed E-state index contributed by atoms with van der Waals surface area (Å²) in [6.45, 7) is 5.57. The van der Waals surface area contributed by atoms with Gasteiger partial charge in [-0.1, -0.05) is 6.07 Å². The Labute approximate surface area is 197 Å². The van der Waals surface area contributed by atoms with Gasteiger partial charge in [0.1, 0.15) is 0 Å². The number of hydrogen-bond acceptors (Lipinski definition) is 7. The summed E-state index contributed by atoms with van der Waals surface area (Å²) in [6.07, 6.45) is 7.21. The molecule has 1 atom stereocenters. The Morgan fingerprint density at radius 1 is 1.15 bits per heavy atom. The maximum atomic E-state index is 13.3. The van der Waals surface area contributed by atoms with Crippen LogP contribution in [0.25, 0.3) is 0 Å². The van der Waals surface area contributed by atoms with Gasteiger partial charge < -0.3 is 28.5 Å².